The third-order valence-corrected chi connectivity index (χ3v) is 4.86. The molecule has 1 saturated heterocycles. The maximum Gasteiger partial charge on any atom is 0.326 e. The number of amides is 4. The molecule has 0 bridgehead atoms. The molecular formula is C22H26N4O4. The van der Waals surface area contributed by atoms with Crippen molar-refractivity contribution in [2.45, 2.75) is 32.4 Å². The minimum Gasteiger partial charge on any atom is -0.487 e. The second-order valence-electron chi connectivity index (χ2n) is 7.26. The van der Waals surface area contributed by atoms with E-state index in [2.05, 4.69) is 10.3 Å². The fourth-order valence-corrected chi connectivity index (χ4v) is 3.20. The zero-order chi connectivity index (χ0) is 21.5. The zero-order valence-electron chi connectivity index (χ0n) is 17.2. The number of hydrogen-bond donors (Lipinski definition) is 1. The van der Waals surface area contributed by atoms with Crippen LogP contribution in [0.15, 0.2) is 48.7 Å². The van der Waals surface area contributed by atoms with Gasteiger partial charge in [-0.25, -0.2) is 4.79 Å². The van der Waals surface area contributed by atoms with Gasteiger partial charge < -0.3 is 15.0 Å². The molecule has 30 heavy (non-hydrogen) atoms. The van der Waals surface area contributed by atoms with Crippen molar-refractivity contribution in [1.29, 1.82) is 0 Å². The molecule has 8 heteroatoms. The molecule has 0 saturated carbocycles. The number of nitrogens with zero attached hydrogens (tertiary/aromatic N) is 3. The highest BCUT2D eigenvalue weighted by Gasteiger charge is 2.32. The van der Waals surface area contributed by atoms with Crippen LogP contribution >= 0.6 is 0 Å². The maximum absolute atomic E-state index is 12.3. The third kappa shape index (κ3) is 5.56. The van der Waals surface area contributed by atoms with Gasteiger partial charge in [-0.2, -0.15) is 0 Å². The predicted octanol–water partition coefficient (Wildman–Crippen LogP) is 2.51. The van der Waals surface area contributed by atoms with E-state index in [0.29, 0.717) is 18.8 Å². The summed E-state index contributed by atoms with van der Waals surface area (Å²) < 4.78 is 5.79. The van der Waals surface area contributed by atoms with Crippen LogP contribution in [0.5, 0.6) is 5.75 Å². The minimum absolute atomic E-state index is 0.0980. The number of hydrogen-bond acceptors (Lipinski definition) is 5. The Morgan fingerprint density at radius 1 is 1.23 bits per heavy atom. The fraction of sp³-hybridized carbons (Fsp3) is 0.364. The molecule has 1 N–H and O–H groups in total. The molecule has 1 aromatic carbocycles. The lowest BCUT2D eigenvalue weighted by molar-refractivity contribution is -0.126. The van der Waals surface area contributed by atoms with Gasteiger partial charge in [0, 0.05) is 26.2 Å². The van der Waals surface area contributed by atoms with Gasteiger partial charge in [0.25, 0.3) is 0 Å². The highest BCUT2D eigenvalue weighted by atomic mass is 16.5. The van der Waals surface area contributed by atoms with E-state index in [0.717, 1.165) is 11.3 Å². The Hall–Kier alpha value is -3.42. The quantitative estimate of drug-likeness (QED) is 0.642. The number of nitrogens with one attached hydrogen (secondary N) is 1. The van der Waals surface area contributed by atoms with Gasteiger partial charge in [0.05, 0.1) is 11.7 Å². The van der Waals surface area contributed by atoms with Gasteiger partial charge in [0.15, 0.2) is 0 Å². The fourth-order valence-electron chi connectivity index (χ4n) is 3.20. The summed E-state index contributed by atoms with van der Waals surface area (Å²) in [5.41, 5.74) is 1.76. The van der Waals surface area contributed by atoms with E-state index in [1.165, 1.54) is 9.80 Å². The van der Waals surface area contributed by atoms with Crippen molar-refractivity contribution in [2.24, 2.45) is 0 Å². The molecule has 1 aromatic heterocycles. The van der Waals surface area contributed by atoms with Gasteiger partial charge in [-0.1, -0.05) is 18.2 Å². The zero-order valence-corrected chi connectivity index (χ0v) is 17.2. The number of imide groups is 1. The van der Waals surface area contributed by atoms with Crippen LogP contribution in [-0.2, 0) is 16.2 Å². The molecule has 1 aliphatic heterocycles. The molecule has 1 fully saturated rings. The highest BCUT2D eigenvalue weighted by molar-refractivity contribution is 6.01. The first-order valence-electron chi connectivity index (χ1n) is 9.91. The van der Waals surface area contributed by atoms with Crippen LogP contribution in [0.4, 0.5) is 4.79 Å². The van der Waals surface area contributed by atoms with Crippen molar-refractivity contribution in [2.75, 3.05) is 20.1 Å². The molecule has 158 valence electrons. The summed E-state index contributed by atoms with van der Waals surface area (Å²) in [6.07, 6.45) is 2.39. The lowest BCUT2D eigenvalue weighted by Gasteiger charge is -2.17. The highest BCUT2D eigenvalue weighted by Crippen LogP contribution is 2.20. The standard InChI is InChI=1S/C22H26N4O4/c1-16(24-20(27)10-6-12-26-21(28)14-25(2)22(26)29)17-7-5-9-19(13-17)30-15-18-8-3-4-11-23-18/h3-5,7-9,11,13,16H,6,10,12,14-15H2,1-2H3,(H,24,27). The van der Waals surface area contributed by atoms with Crippen molar-refractivity contribution < 1.29 is 19.1 Å². The minimum atomic E-state index is -0.309. The topological polar surface area (TPSA) is 91.8 Å². The molecule has 0 radical (unpaired) electrons. The van der Waals surface area contributed by atoms with Crippen molar-refractivity contribution in [3.8, 4) is 5.75 Å². The average molecular weight is 410 g/mol. The predicted molar refractivity (Wildman–Crippen MR) is 111 cm³/mol. The first kappa shape index (κ1) is 21.3. The van der Waals surface area contributed by atoms with E-state index in [-0.39, 0.29) is 43.4 Å². The number of rotatable bonds is 9. The van der Waals surface area contributed by atoms with Gasteiger partial charge in [-0.15, -0.1) is 0 Å². The van der Waals surface area contributed by atoms with E-state index >= 15 is 0 Å². The SMILES string of the molecule is CC(NC(=O)CCCN1C(=O)CN(C)C1=O)c1cccc(OCc2ccccn2)c1. The monoisotopic (exact) mass is 410 g/mol. The van der Waals surface area contributed by atoms with E-state index in [1.54, 1.807) is 13.2 Å². The number of aromatic nitrogens is 1. The number of pyridine rings is 1. The Balaban J connectivity index is 1.45. The van der Waals surface area contributed by atoms with Gasteiger partial charge in [0.1, 0.15) is 18.9 Å². The molecule has 8 nitrogen and oxygen atoms in total. The second-order valence-corrected chi connectivity index (χ2v) is 7.26. The lowest BCUT2D eigenvalue weighted by atomic mass is 10.1. The van der Waals surface area contributed by atoms with Crippen LogP contribution in [-0.4, -0.2) is 52.8 Å². The summed E-state index contributed by atoms with van der Waals surface area (Å²) in [5.74, 6) is 0.350. The maximum atomic E-state index is 12.3. The van der Waals surface area contributed by atoms with Gasteiger partial charge in [0.2, 0.25) is 11.8 Å². The number of carbonyl (C=O) groups is 3. The first-order chi connectivity index (χ1) is 14.4. The Bertz CT molecular complexity index is 903. The lowest BCUT2D eigenvalue weighted by Crippen LogP contribution is -2.33. The van der Waals surface area contributed by atoms with Crippen molar-refractivity contribution in [1.82, 2.24) is 20.1 Å². The number of ether oxygens (including phenoxy) is 1. The Morgan fingerprint density at radius 3 is 2.77 bits per heavy atom. The van der Waals surface area contributed by atoms with Crippen molar-refractivity contribution in [3.63, 3.8) is 0 Å². The molecule has 3 rings (SSSR count). The van der Waals surface area contributed by atoms with Crippen LogP contribution < -0.4 is 10.1 Å². The average Bonchev–Trinajstić information content (AvgIpc) is 2.99. The van der Waals surface area contributed by atoms with E-state index in [1.807, 2.05) is 49.4 Å². The van der Waals surface area contributed by atoms with Gasteiger partial charge >= 0.3 is 6.03 Å². The summed E-state index contributed by atoms with van der Waals surface area (Å²) in [4.78, 5) is 42.7. The van der Waals surface area contributed by atoms with Crippen LogP contribution in [0.25, 0.3) is 0 Å². The normalized spacial score (nSPS) is 14.7. The molecule has 1 atom stereocenters. The van der Waals surface area contributed by atoms with Crippen molar-refractivity contribution >= 4 is 17.8 Å². The van der Waals surface area contributed by atoms with E-state index < -0.39 is 0 Å². The van der Waals surface area contributed by atoms with Crippen LogP contribution in [0.2, 0.25) is 0 Å². The molecule has 4 amide bonds. The number of likely N-dealkylation sites (N-methyl/N-ethyl adjacent to an activating group) is 1. The molecule has 1 aliphatic rings. The summed E-state index contributed by atoms with van der Waals surface area (Å²) in [6, 6.07) is 12.7. The molecule has 0 aliphatic carbocycles. The summed E-state index contributed by atoms with van der Waals surface area (Å²) in [7, 11) is 1.59. The molecule has 2 aromatic rings. The summed E-state index contributed by atoms with van der Waals surface area (Å²) in [6.45, 7) is 2.62. The summed E-state index contributed by atoms with van der Waals surface area (Å²) in [5, 5.41) is 2.95. The molecule has 0 spiro atoms. The van der Waals surface area contributed by atoms with Crippen LogP contribution in [0.1, 0.15) is 37.1 Å². The molecule has 2 heterocycles. The Labute approximate surface area is 175 Å². The Kier molecular flexibility index (Phi) is 7.00. The number of carbonyl (C=O) groups excluding carboxylic acids is 3. The second kappa shape index (κ2) is 9.87. The first-order valence-corrected chi connectivity index (χ1v) is 9.91. The smallest absolute Gasteiger partial charge is 0.326 e. The molecule has 1 unspecified atom stereocenters. The third-order valence-electron chi connectivity index (χ3n) is 4.86. The molecular weight excluding hydrogens is 384 g/mol. The van der Waals surface area contributed by atoms with Crippen LogP contribution in [0.3, 0.4) is 0 Å². The van der Waals surface area contributed by atoms with Crippen LogP contribution in [0, 0.1) is 0 Å². The number of urea groups is 1. The van der Waals surface area contributed by atoms with E-state index in [4.69, 9.17) is 4.74 Å². The van der Waals surface area contributed by atoms with E-state index in [9.17, 15) is 14.4 Å². The largest absolute Gasteiger partial charge is 0.487 e. The Morgan fingerprint density at radius 2 is 2.07 bits per heavy atom. The van der Waals surface area contributed by atoms with Gasteiger partial charge in [-0.3, -0.25) is 19.5 Å². The number of benzene rings is 1. The van der Waals surface area contributed by atoms with Crippen molar-refractivity contribution in [3.05, 3.63) is 59.9 Å². The summed E-state index contributed by atoms with van der Waals surface area (Å²) >= 11 is 0. The van der Waals surface area contributed by atoms with Gasteiger partial charge in [-0.05, 0) is 43.2 Å².